The first-order valence-electron chi connectivity index (χ1n) is 6.57. The normalized spacial score (nSPS) is 10.5. The lowest BCUT2D eigenvalue weighted by molar-refractivity contribution is 0.476. The second kappa shape index (κ2) is 5.50. The molecule has 0 atom stereocenters. The Morgan fingerprint density at radius 2 is 1.95 bits per heavy atom. The van der Waals surface area contributed by atoms with E-state index in [1.54, 1.807) is 6.20 Å². The molecule has 2 N–H and O–H groups in total. The van der Waals surface area contributed by atoms with E-state index in [-0.39, 0.29) is 0 Å². The van der Waals surface area contributed by atoms with Gasteiger partial charge in [0, 0.05) is 5.39 Å². The molecular formula is C17H14N2OS. The van der Waals surface area contributed by atoms with E-state index in [0.29, 0.717) is 16.5 Å². The molecule has 3 rings (SSSR count). The molecule has 0 saturated heterocycles. The summed E-state index contributed by atoms with van der Waals surface area (Å²) in [6, 6.07) is 15.6. The van der Waals surface area contributed by atoms with Crippen LogP contribution in [0.5, 0.6) is 11.5 Å². The number of hydrogen-bond donors (Lipinski definition) is 1. The zero-order valence-corrected chi connectivity index (χ0v) is 12.4. The molecular weight excluding hydrogens is 280 g/mol. The predicted molar refractivity (Wildman–Crippen MR) is 88.9 cm³/mol. The van der Waals surface area contributed by atoms with Gasteiger partial charge in [0.1, 0.15) is 16.5 Å². The number of hydrogen-bond acceptors (Lipinski definition) is 3. The SMILES string of the molecule is Cc1cccc(C(N)=S)c1Oc1cnc2ccccc2c1. The molecule has 0 bridgehead atoms. The largest absolute Gasteiger partial charge is 0.455 e. The molecule has 3 nitrogen and oxygen atoms in total. The van der Waals surface area contributed by atoms with Crippen molar-refractivity contribution < 1.29 is 4.74 Å². The maximum atomic E-state index is 5.98. The number of ether oxygens (including phenoxy) is 1. The third-order valence-corrected chi connectivity index (χ3v) is 3.48. The minimum absolute atomic E-state index is 0.322. The van der Waals surface area contributed by atoms with Gasteiger partial charge in [-0.05, 0) is 30.7 Å². The number of nitrogens with zero attached hydrogens (tertiary/aromatic N) is 1. The number of benzene rings is 2. The van der Waals surface area contributed by atoms with E-state index in [2.05, 4.69) is 4.98 Å². The lowest BCUT2D eigenvalue weighted by Gasteiger charge is -2.13. The summed E-state index contributed by atoms with van der Waals surface area (Å²) < 4.78 is 5.98. The first kappa shape index (κ1) is 13.5. The molecule has 0 aliphatic heterocycles. The number of aryl methyl sites for hydroxylation is 1. The van der Waals surface area contributed by atoms with Gasteiger partial charge in [-0.15, -0.1) is 0 Å². The molecule has 3 aromatic rings. The average Bonchev–Trinajstić information content (AvgIpc) is 2.49. The van der Waals surface area contributed by atoms with Crippen LogP contribution in [0.4, 0.5) is 0 Å². The topological polar surface area (TPSA) is 48.1 Å². The Labute approximate surface area is 128 Å². The van der Waals surface area contributed by atoms with Gasteiger partial charge in [-0.25, -0.2) is 0 Å². The molecule has 0 spiro atoms. The van der Waals surface area contributed by atoms with Crippen LogP contribution in [0.1, 0.15) is 11.1 Å². The van der Waals surface area contributed by atoms with Crippen LogP contribution < -0.4 is 10.5 Å². The van der Waals surface area contributed by atoms with Crippen LogP contribution in [-0.2, 0) is 0 Å². The summed E-state index contributed by atoms with van der Waals surface area (Å²) in [7, 11) is 0. The quantitative estimate of drug-likeness (QED) is 0.743. The van der Waals surface area contributed by atoms with Crippen molar-refractivity contribution in [2.45, 2.75) is 6.92 Å². The molecule has 2 aromatic carbocycles. The summed E-state index contributed by atoms with van der Waals surface area (Å²) >= 11 is 5.08. The third kappa shape index (κ3) is 2.71. The van der Waals surface area contributed by atoms with Crippen molar-refractivity contribution in [1.82, 2.24) is 4.98 Å². The maximum absolute atomic E-state index is 5.98. The summed E-state index contributed by atoms with van der Waals surface area (Å²) in [5.74, 6) is 1.35. The number of pyridine rings is 1. The highest BCUT2D eigenvalue weighted by Gasteiger charge is 2.11. The van der Waals surface area contributed by atoms with Gasteiger partial charge in [-0.3, -0.25) is 4.98 Å². The second-order valence-corrected chi connectivity index (χ2v) is 5.22. The van der Waals surface area contributed by atoms with Crippen LogP contribution in [0.3, 0.4) is 0 Å². The second-order valence-electron chi connectivity index (χ2n) is 4.78. The molecule has 1 aromatic heterocycles. The van der Waals surface area contributed by atoms with E-state index in [0.717, 1.165) is 22.0 Å². The number of nitrogens with two attached hydrogens (primary N) is 1. The van der Waals surface area contributed by atoms with E-state index in [1.165, 1.54) is 0 Å². The van der Waals surface area contributed by atoms with Gasteiger partial charge in [-0.1, -0.05) is 42.5 Å². The first-order valence-corrected chi connectivity index (χ1v) is 6.98. The Kier molecular flexibility index (Phi) is 3.54. The zero-order chi connectivity index (χ0) is 14.8. The molecule has 104 valence electrons. The summed E-state index contributed by atoms with van der Waals surface area (Å²) in [6.07, 6.45) is 1.71. The van der Waals surface area contributed by atoms with Crippen molar-refractivity contribution >= 4 is 28.1 Å². The first-order chi connectivity index (χ1) is 10.1. The fourth-order valence-corrected chi connectivity index (χ4v) is 2.37. The molecule has 4 heteroatoms. The molecule has 0 unspecified atom stereocenters. The van der Waals surface area contributed by atoms with E-state index >= 15 is 0 Å². The molecule has 0 radical (unpaired) electrons. The van der Waals surface area contributed by atoms with Crippen molar-refractivity contribution in [3.8, 4) is 11.5 Å². The van der Waals surface area contributed by atoms with Crippen molar-refractivity contribution in [2.24, 2.45) is 5.73 Å². The lowest BCUT2D eigenvalue weighted by Crippen LogP contribution is -2.11. The van der Waals surface area contributed by atoms with Crippen LogP contribution in [0.2, 0.25) is 0 Å². The minimum Gasteiger partial charge on any atom is -0.455 e. The monoisotopic (exact) mass is 294 g/mol. The highest BCUT2D eigenvalue weighted by Crippen LogP contribution is 2.30. The Bertz CT molecular complexity index is 830. The van der Waals surface area contributed by atoms with Gasteiger partial charge in [0.05, 0.1) is 17.3 Å². The lowest BCUT2D eigenvalue weighted by atomic mass is 10.1. The molecule has 0 aliphatic rings. The number of para-hydroxylation sites is 2. The van der Waals surface area contributed by atoms with Crippen molar-refractivity contribution in [3.63, 3.8) is 0 Å². The molecule has 0 fully saturated rings. The highest BCUT2D eigenvalue weighted by atomic mass is 32.1. The summed E-state index contributed by atoms with van der Waals surface area (Å²) in [5.41, 5.74) is 8.41. The fourth-order valence-electron chi connectivity index (χ4n) is 2.21. The zero-order valence-electron chi connectivity index (χ0n) is 11.5. The van der Waals surface area contributed by atoms with Gasteiger partial charge in [0.2, 0.25) is 0 Å². The van der Waals surface area contributed by atoms with Gasteiger partial charge < -0.3 is 10.5 Å². The van der Waals surface area contributed by atoms with Crippen LogP contribution in [0.25, 0.3) is 10.9 Å². The van der Waals surface area contributed by atoms with E-state index < -0.39 is 0 Å². The Morgan fingerprint density at radius 3 is 2.76 bits per heavy atom. The molecule has 0 aliphatic carbocycles. The smallest absolute Gasteiger partial charge is 0.146 e. The number of rotatable bonds is 3. The minimum atomic E-state index is 0.322. The van der Waals surface area contributed by atoms with E-state index in [4.69, 9.17) is 22.7 Å². The summed E-state index contributed by atoms with van der Waals surface area (Å²) in [6.45, 7) is 1.96. The summed E-state index contributed by atoms with van der Waals surface area (Å²) in [5, 5.41) is 1.03. The number of thiocarbonyl (C=S) groups is 1. The van der Waals surface area contributed by atoms with E-state index in [9.17, 15) is 0 Å². The Balaban J connectivity index is 2.04. The van der Waals surface area contributed by atoms with Crippen LogP contribution >= 0.6 is 12.2 Å². The van der Waals surface area contributed by atoms with Gasteiger partial charge in [0.25, 0.3) is 0 Å². The molecule has 21 heavy (non-hydrogen) atoms. The van der Waals surface area contributed by atoms with Crippen molar-refractivity contribution in [2.75, 3.05) is 0 Å². The van der Waals surface area contributed by atoms with Crippen LogP contribution in [0.15, 0.2) is 54.7 Å². The number of fused-ring (bicyclic) bond motifs is 1. The average molecular weight is 294 g/mol. The molecule has 0 saturated carbocycles. The van der Waals surface area contributed by atoms with Crippen LogP contribution in [0, 0.1) is 6.92 Å². The third-order valence-electron chi connectivity index (χ3n) is 3.26. The van der Waals surface area contributed by atoms with Gasteiger partial charge in [0.15, 0.2) is 0 Å². The highest BCUT2D eigenvalue weighted by molar-refractivity contribution is 7.80. The van der Waals surface area contributed by atoms with Gasteiger partial charge >= 0.3 is 0 Å². The van der Waals surface area contributed by atoms with Crippen molar-refractivity contribution in [1.29, 1.82) is 0 Å². The predicted octanol–water partition coefficient (Wildman–Crippen LogP) is 3.97. The van der Waals surface area contributed by atoms with Gasteiger partial charge in [-0.2, -0.15) is 0 Å². The molecule has 1 heterocycles. The fraction of sp³-hybridized carbons (Fsp3) is 0.0588. The van der Waals surface area contributed by atoms with Crippen LogP contribution in [-0.4, -0.2) is 9.97 Å². The molecule has 0 amide bonds. The number of aromatic nitrogens is 1. The Morgan fingerprint density at radius 1 is 1.14 bits per heavy atom. The summed E-state index contributed by atoms with van der Waals surface area (Å²) in [4.78, 5) is 4.71. The Hall–Kier alpha value is -2.46. The standard InChI is InChI=1S/C17H14N2OS/c1-11-5-4-7-14(17(18)21)16(11)20-13-9-12-6-2-3-8-15(12)19-10-13/h2-10H,1H3,(H2,18,21). The van der Waals surface area contributed by atoms with E-state index in [1.807, 2.05) is 55.5 Å². The van der Waals surface area contributed by atoms with Crippen molar-refractivity contribution in [3.05, 3.63) is 65.9 Å². The maximum Gasteiger partial charge on any atom is 0.146 e.